The molecule has 0 aliphatic rings. The second-order valence-corrected chi connectivity index (χ2v) is 13.4. The summed E-state index contributed by atoms with van der Waals surface area (Å²) >= 11 is 5.96. The van der Waals surface area contributed by atoms with E-state index in [0.717, 1.165) is 43.2 Å². The average Bonchev–Trinajstić information content (AvgIpc) is 3.14. The molecule has 1 heterocycles. The zero-order valence-corrected chi connectivity index (χ0v) is 31.8. The standard InChI is InChI=1S/C38H59ClN8O6/c1-4-6-8-10-12-26(3)20-28(23-44-38(53)32-35(40)46-36(41)34(39)45-32)22-42-21-27-13-15-29(16-14-27)37(52)43-17-19-47(18-11-9-7-5-2)24-30(49)33(51)31(50)25-48/h6,8,10,12-16,28,30-31,33,42,48-51H,3-5,7,9,11,17-25H2,1-2H3,(H,43,52)(H,44,53)(H4,40,41,46)/b8-6-,12-10-/t28-,30+,31-,33-/m1/s1. The predicted molar refractivity (Wildman–Crippen MR) is 210 cm³/mol. The minimum absolute atomic E-state index is 0.0370. The van der Waals surface area contributed by atoms with Gasteiger partial charge in [-0.25, -0.2) is 9.97 Å². The Morgan fingerprint density at radius 1 is 0.943 bits per heavy atom. The van der Waals surface area contributed by atoms with E-state index in [4.69, 9.17) is 28.2 Å². The van der Waals surface area contributed by atoms with Crippen molar-refractivity contribution < 1.29 is 30.0 Å². The van der Waals surface area contributed by atoms with Crippen LogP contribution in [0.1, 0.15) is 78.8 Å². The maximum absolute atomic E-state index is 12.9. The summed E-state index contributed by atoms with van der Waals surface area (Å²) in [6, 6.07) is 7.25. The summed E-state index contributed by atoms with van der Waals surface area (Å²) in [7, 11) is 0. The Balaban J connectivity index is 1.95. The van der Waals surface area contributed by atoms with E-state index in [1.807, 2.05) is 41.3 Å². The van der Waals surface area contributed by atoms with Gasteiger partial charge in [0.25, 0.3) is 11.8 Å². The normalized spacial score (nSPS) is 14.0. The highest BCUT2D eigenvalue weighted by atomic mass is 35.5. The Morgan fingerprint density at radius 2 is 1.68 bits per heavy atom. The first-order chi connectivity index (χ1) is 25.4. The minimum atomic E-state index is -1.47. The molecule has 4 atom stereocenters. The van der Waals surface area contributed by atoms with Crippen LogP contribution in [0.3, 0.4) is 0 Å². The third-order valence-electron chi connectivity index (χ3n) is 8.48. The quantitative estimate of drug-likeness (QED) is 0.0498. The number of hydrogen-bond acceptors (Lipinski definition) is 12. The molecule has 0 unspecified atom stereocenters. The van der Waals surface area contributed by atoms with Crippen LogP contribution in [-0.4, -0.2) is 111 Å². The number of nitrogens with two attached hydrogens (primary N) is 2. The minimum Gasteiger partial charge on any atom is -0.394 e. The molecule has 0 aliphatic heterocycles. The number of allylic oxidation sites excluding steroid dienone is 5. The van der Waals surface area contributed by atoms with E-state index in [-0.39, 0.29) is 40.9 Å². The molecule has 0 fully saturated rings. The lowest BCUT2D eigenvalue weighted by atomic mass is 9.99. The zero-order valence-electron chi connectivity index (χ0n) is 31.0. The van der Waals surface area contributed by atoms with Crippen LogP contribution >= 0.6 is 11.6 Å². The summed E-state index contributed by atoms with van der Waals surface area (Å²) < 4.78 is 0. The topological polar surface area (TPSA) is 232 Å². The number of aromatic nitrogens is 2. The second-order valence-electron chi connectivity index (χ2n) is 13.0. The number of aliphatic hydroxyl groups is 4. The van der Waals surface area contributed by atoms with Gasteiger partial charge in [-0.1, -0.05) is 93.3 Å². The van der Waals surface area contributed by atoms with E-state index in [0.29, 0.717) is 51.3 Å². The molecule has 0 spiro atoms. The third-order valence-corrected chi connectivity index (χ3v) is 8.76. The maximum atomic E-state index is 12.9. The second kappa shape index (κ2) is 25.2. The Morgan fingerprint density at radius 3 is 2.36 bits per heavy atom. The highest BCUT2D eigenvalue weighted by Crippen LogP contribution is 2.18. The number of carbonyl (C=O) groups excluding carboxylic acids is 2. The number of halogens is 1. The Labute approximate surface area is 318 Å². The van der Waals surface area contributed by atoms with Gasteiger partial charge in [-0.05, 0) is 49.4 Å². The van der Waals surface area contributed by atoms with E-state index >= 15 is 0 Å². The van der Waals surface area contributed by atoms with Crippen LogP contribution < -0.4 is 27.4 Å². The Kier molecular flexibility index (Phi) is 21.5. The first-order valence-corrected chi connectivity index (χ1v) is 18.6. The van der Waals surface area contributed by atoms with E-state index in [1.165, 1.54) is 0 Å². The smallest absolute Gasteiger partial charge is 0.273 e. The number of hydrogen-bond donors (Lipinski definition) is 9. The van der Waals surface area contributed by atoms with E-state index in [9.17, 15) is 24.9 Å². The van der Waals surface area contributed by atoms with Crippen LogP contribution in [0.25, 0.3) is 0 Å². The number of nitrogen functional groups attached to an aromatic ring is 2. The van der Waals surface area contributed by atoms with Gasteiger partial charge in [-0.2, -0.15) is 0 Å². The molecule has 0 saturated heterocycles. The first-order valence-electron chi connectivity index (χ1n) is 18.2. The number of nitrogens with zero attached hydrogens (tertiary/aromatic N) is 3. The summed E-state index contributed by atoms with van der Waals surface area (Å²) in [6.45, 7) is 10.6. The Hall–Kier alpha value is -3.89. The van der Waals surface area contributed by atoms with Crippen molar-refractivity contribution in [3.8, 4) is 0 Å². The third kappa shape index (κ3) is 17.2. The van der Waals surface area contributed by atoms with Gasteiger partial charge in [0.1, 0.15) is 12.2 Å². The van der Waals surface area contributed by atoms with Crippen molar-refractivity contribution in [2.45, 2.75) is 77.2 Å². The van der Waals surface area contributed by atoms with Gasteiger partial charge in [0.2, 0.25) is 0 Å². The van der Waals surface area contributed by atoms with Gasteiger partial charge in [0.05, 0.1) is 12.7 Å². The number of benzene rings is 1. The summed E-state index contributed by atoms with van der Waals surface area (Å²) in [6.07, 6.45) is 9.34. The molecule has 11 N–H and O–H groups in total. The molecular formula is C38H59ClN8O6. The van der Waals surface area contributed by atoms with Crippen LogP contribution in [-0.2, 0) is 6.54 Å². The van der Waals surface area contributed by atoms with Crippen LogP contribution in [0, 0.1) is 5.92 Å². The highest BCUT2D eigenvalue weighted by Gasteiger charge is 2.26. The monoisotopic (exact) mass is 758 g/mol. The van der Waals surface area contributed by atoms with Crippen molar-refractivity contribution in [2.75, 3.05) is 57.3 Å². The number of aliphatic hydroxyl groups excluding tert-OH is 4. The number of unbranched alkanes of at least 4 members (excludes halogenated alkanes) is 3. The largest absolute Gasteiger partial charge is 0.394 e. The zero-order chi connectivity index (χ0) is 39.2. The molecule has 15 heteroatoms. The van der Waals surface area contributed by atoms with Crippen LogP contribution in [0.4, 0.5) is 11.6 Å². The average molecular weight is 759 g/mol. The van der Waals surface area contributed by atoms with Crippen LogP contribution in [0.2, 0.25) is 5.15 Å². The van der Waals surface area contributed by atoms with Gasteiger partial charge < -0.3 is 47.8 Å². The van der Waals surface area contributed by atoms with Crippen molar-refractivity contribution in [1.82, 2.24) is 30.8 Å². The van der Waals surface area contributed by atoms with Gasteiger partial charge in [-0.15, -0.1) is 0 Å². The van der Waals surface area contributed by atoms with E-state index in [2.05, 4.69) is 46.3 Å². The molecule has 0 radical (unpaired) electrons. The van der Waals surface area contributed by atoms with Gasteiger partial charge in [0, 0.05) is 44.8 Å². The molecule has 294 valence electrons. The molecule has 0 bridgehead atoms. The summed E-state index contributed by atoms with van der Waals surface area (Å²) in [5.41, 5.74) is 13.7. The fourth-order valence-corrected chi connectivity index (χ4v) is 5.54. The highest BCUT2D eigenvalue weighted by molar-refractivity contribution is 6.31. The van der Waals surface area contributed by atoms with Crippen LogP contribution in [0.5, 0.6) is 0 Å². The maximum Gasteiger partial charge on any atom is 0.273 e. The Bertz CT molecular complexity index is 1480. The van der Waals surface area contributed by atoms with E-state index in [1.54, 1.807) is 12.1 Å². The number of nitrogens with one attached hydrogen (secondary N) is 3. The molecule has 1 aromatic heterocycles. The number of amides is 2. The molecule has 14 nitrogen and oxygen atoms in total. The lowest BCUT2D eigenvalue weighted by Crippen LogP contribution is -2.47. The number of carbonyl (C=O) groups is 2. The first kappa shape index (κ1) is 45.3. The lowest BCUT2D eigenvalue weighted by molar-refractivity contribution is -0.0840. The van der Waals surface area contributed by atoms with Crippen molar-refractivity contribution in [2.24, 2.45) is 5.92 Å². The SMILES string of the molecule is C=C(/C=C\C=C/CC)C[C@H](CNCc1ccc(C(=O)NCCN(CCCCCC)C[C@H](O)[C@@H](O)[C@H](O)CO)cc1)CNC(=O)c1nc(Cl)c(N)nc1N. The number of rotatable bonds is 26. The molecule has 0 saturated carbocycles. The number of anilines is 2. The molecule has 53 heavy (non-hydrogen) atoms. The summed E-state index contributed by atoms with van der Waals surface area (Å²) in [5.74, 6) is -0.962. The molecule has 1 aromatic carbocycles. The van der Waals surface area contributed by atoms with Gasteiger partial charge >= 0.3 is 0 Å². The summed E-state index contributed by atoms with van der Waals surface area (Å²) in [5, 5.41) is 48.4. The molecule has 2 rings (SSSR count). The van der Waals surface area contributed by atoms with Crippen molar-refractivity contribution in [3.63, 3.8) is 0 Å². The summed E-state index contributed by atoms with van der Waals surface area (Å²) in [4.78, 5) is 35.6. The lowest BCUT2D eigenvalue weighted by Gasteiger charge is -2.29. The predicted octanol–water partition coefficient (Wildman–Crippen LogP) is 2.59. The molecule has 0 aliphatic carbocycles. The van der Waals surface area contributed by atoms with Crippen molar-refractivity contribution in [1.29, 1.82) is 0 Å². The fraction of sp³-hybridized carbons (Fsp3) is 0.526. The molecule has 2 aromatic rings. The van der Waals surface area contributed by atoms with E-state index < -0.39 is 30.8 Å². The van der Waals surface area contributed by atoms with Crippen LogP contribution in [0.15, 0.2) is 60.7 Å². The molecule has 2 amide bonds. The van der Waals surface area contributed by atoms with Crippen molar-refractivity contribution in [3.05, 3.63) is 82.7 Å². The molecular weight excluding hydrogens is 700 g/mol. The van der Waals surface area contributed by atoms with Gasteiger partial charge in [-0.3, -0.25) is 14.5 Å². The fourth-order valence-electron chi connectivity index (χ4n) is 5.41. The van der Waals surface area contributed by atoms with Crippen molar-refractivity contribution >= 4 is 35.1 Å². The van der Waals surface area contributed by atoms with Gasteiger partial charge in [0.15, 0.2) is 22.5 Å².